The molecule has 0 saturated heterocycles. The summed E-state index contributed by atoms with van der Waals surface area (Å²) in [7, 11) is 0.871. The molecule has 2 rings (SSSR count). The molecule has 0 atom stereocenters. The molecule has 1 heterocycles. The fourth-order valence-corrected chi connectivity index (χ4v) is 2.70. The van der Waals surface area contributed by atoms with Gasteiger partial charge in [-0.1, -0.05) is 18.5 Å². The smallest absolute Gasteiger partial charge is 0.292 e. The molecule has 0 spiro atoms. The van der Waals surface area contributed by atoms with E-state index in [1.54, 1.807) is 0 Å². The van der Waals surface area contributed by atoms with Gasteiger partial charge in [-0.25, -0.2) is 13.8 Å². The van der Waals surface area contributed by atoms with Crippen molar-refractivity contribution in [3.8, 4) is 5.69 Å². The van der Waals surface area contributed by atoms with Crippen LogP contribution in [0.15, 0.2) is 26.6 Å². The van der Waals surface area contributed by atoms with Gasteiger partial charge in [-0.15, -0.1) is 12.6 Å². The van der Waals surface area contributed by atoms with E-state index in [4.69, 9.17) is 11.6 Å². The van der Waals surface area contributed by atoms with Gasteiger partial charge in [-0.05, 0) is 18.6 Å². The Morgan fingerprint density at radius 3 is 2.33 bits per heavy atom. The Morgan fingerprint density at radius 1 is 1.25 bits per heavy atom. The molecule has 0 aliphatic carbocycles. The zero-order chi connectivity index (χ0) is 18.4. The SMILES string of the molecule is CCc1c(C(F)(F)F)n(C)c(=O)n(-c2cc(S)c(Cl)cc2F)c1=O. The molecular weight excluding hydrogens is 372 g/mol. The number of thiol groups is 1. The van der Waals surface area contributed by atoms with E-state index in [2.05, 4.69) is 12.6 Å². The van der Waals surface area contributed by atoms with Crippen LogP contribution in [-0.4, -0.2) is 9.13 Å². The van der Waals surface area contributed by atoms with E-state index in [1.165, 1.54) is 6.92 Å². The Hall–Kier alpha value is -1.74. The maximum absolute atomic E-state index is 14.1. The number of benzene rings is 1. The highest BCUT2D eigenvalue weighted by atomic mass is 35.5. The molecule has 0 radical (unpaired) electrons. The summed E-state index contributed by atoms with van der Waals surface area (Å²) in [6.07, 6.45) is -5.19. The summed E-state index contributed by atoms with van der Waals surface area (Å²) in [5.41, 5.74) is -5.06. The summed E-state index contributed by atoms with van der Waals surface area (Å²) in [6, 6.07) is 1.84. The third kappa shape index (κ3) is 2.98. The zero-order valence-corrected chi connectivity index (χ0v) is 14.1. The van der Waals surface area contributed by atoms with Gasteiger partial charge in [-0.2, -0.15) is 13.2 Å². The number of aromatic nitrogens is 2. The molecule has 0 fully saturated rings. The first-order valence-corrected chi connectivity index (χ1v) is 7.43. The van der Waals surface area contributed by atoms with E-state index in [0.29, 0.717) is 4.57 Å². The molecule has 2 aromatic rings. The van der Waals surface area contributed by atoms with Crippen molar-refractivity contribution in [1.82, 2.24) is 9.13 Å². The Morgan fingerprint density at radius 2 is 1.83 bits per heavy atom. The van der Waals surface area contributed by atoms with Crippen LogP contribution < -0.4 is 11.2 Å². The number of alkyl halides is 3. The molecule has 0 amide bonds. The van der Waals surface area contributed by atoms with Gasteiger partial charge in [-0.3, -0.25) is 9.36 Å². The Balaban J connectivity index is 2.99. The van der Waals surface area contributed by atoms with Gasteiger partial charge in [0.2, 0.25) is 0 Å². The van der Waals surface area contributed by atoms with Crippen LogP contribution in [0.25, 0.3) is 5.69 Å². The lowest BCUT2D eigenvalue weighted by molar-refractivity contribution is -0.144. The van der Waals surface area contributed by atoms with Crippen molar-refractivity contribution in [2.24, 2.45) is 7.05 Å². The molecule has 24 heavy (non-hydrogen) atoms. The normalized spacial score (nSPS) is 11.8. The molecule has 4 nitrogen and oxygen atoms in total. The Labute approximate surface area is 143 Å². The molecule has 0 aliphatic rings. The zero-order valence-electron chi connectivity index (χ0n) is 12.4. The predicted molar refractivity (Wildman–Crippen MR) is 83.9 cm³/mol. The Kier molecular flexibility index (Phi) is 4.87. The van der Waals surface area contributed by atoms with E-state index < -0.39 is 40.2 Å². The van der Waals surface area contributed by atoms with Crippen LogP contribution in [0.3, 0.4) is 0 Å². The third-order valence-corrected chi connectivity index (χ3v) is 4.25. The van der Waals surface area contributed by atoms with E-state index in [-0.39, 0.29) is 20.9 Å². The van der Waals surface area contributed by atoms with Crippen molar-refractivity contribution < 1.29 is 17.6 Å². The van der Waals surface area contributed by atoms with E-state index in [9.17, 15) is 27.2 Å². The molecule has 1 aromatic carbocycles. The van der Waals surface area contributed by atoms with Crippen LogP contribution in [-0.2, 0) is 19.6 Å². The van der Waals surface area contributed by atoms with E-state index in [0.717, 1.165) is 19.2 Å². The van der Waals surface area contributed by atoms with Crippen molar-refractivity contribution in [2.45, 2.75) is 24.4 Å². The summed E-state index contributed by atoms with van der Waals surface area (Å²) in [5.74, 6) is -1.03. The quantitative estimate of drug-likeness (QED) is 0.640. The van der Waals surface area contributed by atoms with E-state index >= 15 is 0 Å². The molecular formula is C14H11ClF4N2O2S. The van der Waals surface area contributed by atoms with Gasteiger partial charge in [0.05, 0.1) is 10.7 Å². The summed E-state index contributed by atoms with van der Waals surface area (Å²) < 4.78 is 54.3. The highest BCUT2D eigenvalue weighted by molar-refractivity contribution is 7.80. The minimum Gasteiger partial charge on any atom is -0.292 e. The van der Waals surface area contributed by atoms with Crippen LogP contribution in [0.2, 0.25) is 5.02 Å². The summed E-state index contributed by atoms with van der Waals surface area (Å²) in [4.78, 5) is 24.8. The highest BCUT2D eigenvalue weighted by Crippen LogP contribution is 2.30. The van der Waals surface area contributed by atoms with Crippen LogP contribution >= 0.6 is 24.2 Å². The number of halogens is 5. The second kappa shape index (κ2) is 6.29. The monoisotopic (exact) mass is 382 g/mol. The summed E-state index contributed by atoms with van der Waals surface area (Å²) in [6.45, 7) is 1.34. The first-order valence-electron chi connectivity index (χ1n) is 6.61. The van der Waals surface area contributed by atoms with Gasteiger partial charge in [0, 0.05) is 17.5 Å². The largest absolute Gasteiger partial charge is 0.432 e. The van der Waals surface area contributed by atoms with Crippen molar-refractivity contribution >= 4 is 24.2 Å². The lowest BCUT2D eigenvalue weighted by Gasteiger charge is -2.18. The number of hydrogen-bond donors (Lipinski definition) is 1. The van der Waals surface area contributed by atoms with Crippen molar-refractivity contribution in [1.29, 1.82) is 0 Å². The maximum atomic E-state index is 14.1. The average Bonchev–Trinajstić information content (AvgIpc) is 2.46. The molecule has 0 N–H and O–H groups in total. The fourth-order valence-electron chi connectivity index (χ4n) is 2.36. The second-order valence-electron chi connectivity index (χ2n) is 4.92. The molecule has 0 saturated carbocycles. The minimum atomic E-state index is -4.90. The molecule has 10 heteroatoms. The van der Waals surface area contributed by atoms with Crippen LogP contribution in [0, 0.1) is 5.82 Å². The van der Waals surface area contributed by atoms with Crippen molar-refractivity contribution in [3.63, 3.8) is 0 Å². The number of rotatable bonds is 2. The molecule has 0 aliphatic heterocycles. The molecule has 0 unspecified atom stereocenters. The summed E-state index contributed by atoms with van der Waals surface area (Å²) >= 11 is 9.66. The number of nitrogens with zero attached hydrogens (tertiary/aromatic N) is 2. The van der Waals surface area contributed by atoms with E-state index in [1.807, 2.05) is 0 Å². The van der Waals surface area contributed by atoms with Crippen molar-refractivity contribution in [2.75, 3.05) is 0 Å². The van der Waals surface area contributed by atoms with Gasteiger partial charge in [0.25, 0.3) is 5.56 Å². The Bertz CT molecular complexity index is 934. The average molecular weight is 383 g/mol. The summed E-state index contributed by atoms with van der Waals surface area (Å²) in [5, 5.41) is -0.0629. The molecule has 1 aromatic heterocycles. The van der Waals surface area contributed by atoms with Gasteiger partial charge >= 0.3 is 11.9 Å². The maximum Gasteiger partial charge on any atom is 0.432 e. The number of hydrogen-bond acceptors (Lipinski definition) is 3. The van der Waals surface area contributed by atoms with Gasteiger partial charge < -0.3 is 0 Å². The molecule has 0 bridgehead atoms. The molecule has 130 valence electrons. The van der Waals surface area contributed by atoms with Crippen molar-refractivity contribution in [3.05, 3.63) is 55.1 Å². The second-order valence-corrected chi connectivity index (χ2v) is 5.80. The first-order chi connectivity index (χ1) is 11.0. The first kappa shape index (κ1) is 18.6. The fraction of sp³-hybridized carbons (Fsp3) is 0.286. The predicted octanol–water partition coefficient (Wildman–Crippen LogP) is 3.20. The minimum absolute atomic E-state index is 0.0629. The standard InChI is InChI=1S/C14H11ClF4N2O2S/c1-3-6-11(14(17,18)19)20(2)13(23)21(12(6)22)9-5-10(24)7(15)4-8(9)16/h4-5,24H,3H2,1-2H3. The highest BCUT2D eigenvalue weighted by Gasteiger charge is 2.38. The lowest BCUT2D eigenvalue weighted by atomic mass is 10.1. The van der Waals surface area contributed by atoms with Crippen LogP contribution in [0.4, 0.5) is 17.6 Å². The van der Waals surface area contributed by atoms with Gasteiger partial charge in [0.1, 0.15) is 11.5 Å². The lowest BCUT2D eigenvalue weighted by Crippen LogP contribution is -2.44. The van der Waals surface area contributed by atoms with Crippen LogP contribution in [0.5, 0.6) is 0 Å². The van der Waals surface area contributed by atoms with Gasteiger partial charge in [0.15, 0.2) is 0 Å². The third-order valence-electron chi connectivity index (χ3n) is 3.44. The topological polar surface area (TPSA) is 44.0 Å². The van der Waals surface area contributed by atoms with Crippen LogP contribution in [0.1, 0.15) is 18.2 Å².